The Morgan fingerprint density at radius 2 is 2.25 bits per heavy atom. The lowest BCUT2D eigenvalue weighted by molar-refractivity contribution is 0.491. The predicted molar refractivity (Wildman–Crippen MR) is 77.8 cm³/mol. The van der Waals surface area contributed by atoms with Crippen molar-refractivity contribution >= 4 is 10.0 Å². The molecule has 1 fully saturated rings. The molecule has 1 aromatic rings. The van der Waals surface area contributed by atoms with Crippen molar-refractivity contribution < 1.29 is 8.42 Å². The van der Waals surface area contributed by atoms with E-state index in [-0.39, 0.29) is 4.90 Å². The molecule has 1 saturated carbocycles. The largest absolute Gasteiger partial charge is 0.315 e. The molecule has 0 spiro atoms. The SMILES string of the molecule is CCNCCn1cc(S(=O)(=O)NCC(C)C2CC2)cn1. The highest BCUT2D eigenvalue weighted by molar-refractivity contribution is 7.89. The van der Waals surface area contributed by atoms with Gasteiger partial charge in [0.25, 0.3) is 0 Å². The number of rotatable bonds is 9. The van der Waals surface area contributed by atoms with Crippen molar-refractivity contribution in [3.8, 4) is 0 Å². The fourth-order valence-electron chi connectivity index (χ4n) is 2.13. The minimum atomic E-state index is -3.42. The van der Waals surface area contributed by atoms with E-state index in [4.69, 9.17) is 0 Å². The normalized spacial score (nSPS) is 17.3. The summed E-state index contributed by atoms with van der Waals surface area (Å²) in [5.41, 5.74) is 0. The van der Waals surface area contributed by atoms with Gasteiger partial charge in [-0.15, -0.1) is 0 Å². The van der Waals surface area contributed by atoms with Gasteiger partial charge in [0.05, 0.1) is 12.7 Å². The Balaban J connectivity index is 1.87. The van der Waals surface area contributed by atoms with Gasteiger partial charge in [-0.25, -0.2) is 13.1 Å². The zero-order chi connectivity index (χ0) is 14.6. The third-order valence-corrected chi connectivity index (χ3v) is 5.09. The highest BCUT2D eigenvalue weighted by Gasteiger charge is 2.29. The summed E-state index contributed by atoms with van der Waals surface area (Å²) in [6, 6.07) is 0. The summed E-state index contributed by atoms with van der Waals surface area (Å²) in [6.07, 6.45) is 5.45. The molecule has 0 aromatic carbocycles. The molecular weight excluding hydrogens is 276 g/mol. The Labute approximate surface area is 121 Å². The van der Waals surface area contributed by atoms with Crippen LogP contribution in [0.15, 0.2) is 17.3 Å². The summed E-state index contributed by atoms with van der Waals surface area (Å²) >= 11 is 0. The summed E-state index contributed by atoms with van der Waals surface area (Å²) in [5, 5.41) is 7.26. The van der Waals surface area contributed by atoms with Crippen LogP contribution in [-0.4, -0.2) is 37.8 Å². The number of sulfonamides is 1. The number of aromatic nitrogens is 2. The number of nitrogens with zero attached hydrogens (tertiary/aromatic N) is 2. The van der Waals surface area contributed by atoms with Crippen LogP contribution in [0.1, 0.15) is 26.7 Å². The first-order valence-corrected chi connectivity index (χ1v) is 8.74. The van der Waals surface area contributed by atoms with Gasteiger partial charge in [-0.05, 0) is 31.2 Å². The Hall–Kier alpha value is -0.920. The maximum Gasteiger partial charge on any atom is 0.243 e. The molecule has 114 valence electrons. The van der Waals surface area contributed by atoms with Crippen LogP contribution < -0.4 is 10.0 Å². The molecule has 0 bridgehead atoms. The van der Waals surface area contributed by atoms with E-state index < -0.39 is 10.0 Å². The van der Waals surface area contributed by atoms with Gasteiger partial charge in [-0.2, -0.15) is 5.10 Å². The van der Waals surface area contributed by atoms with Crippen LogP contribution >= 0.6 is 0 Å². The Kier molecular flexibility index (Phi) is 5.17. The molecule has 1 aromatic heterocycles. The third kappa shape index (κ3) is 4.29. The highest BCUT2D eigenvalue weighted by atomic mass is 32.2. The van der Waals surface area contributed by atoms with Gasteiger partial charge >= 0.3 is 0 Å². The van der Waals surface area contributed by atoms with Gasteiger partial charge < -0.3 is 5.32 Å². The maximum atomic E-state index is 12.1. The lowest BCUT2D eigenvalue weighted by atomic mass is 10.1. The molecule has 7 heteroatoms. The van der Waals surface area contributed by atoms with E-state index in [1.807, 2.05) is 6.92 Å². The van der Waals surface area contributed by atoms with Crippen molar-refractivity contribution in [1.29, 1.82) is 0 Å². The molecule has 0 aliphatic heterocycles. The fourth-order valence-corrected chi connectivity index (χ4v) is 3.23. The quantitative estimate of drug-likeness (QED) is 0.662. The lowest BCUT2D eigenvalue weighted by Crippen LogP contribution is -2.29. The van der Waals surface area contributed by atoms with Crippen LogP contribution in [0.5, 0.6) is 0 Å². The molecule has 6 nitrogen and oxygen atoms in total. The van der Waals surface area contributed by atoms with Crippen LogP contribution in [-0.2, 0) is 16.6 Å². The van der Waals surface area contributed by atoms with E-state index in [1.54, 1.807) is 10.9 Å². The highest BCUT2D eigenvalue weighted by Crippen LogP contribution is 2.36. The van der Waals surface area contributed by atoms with Gasteiger partial charge in [0, 0.05) is 19.3 Å². The molecule has 0 amide bonds. The molecule has 1 atom stereocenters. The molecule has 2 rings (SSSR count). The molecule has 1 aliphatic carbocycles. The summed E-state index contributed by atoms with van der Waals surface area (Å²) in [7, 11) is -3.42. The smallest absolute Gasteiger partial charge is 0.243 e. The van der Waals surface area contributed by atoms with E-state index in [2.05, 4.69) is 22.1 Å². The van der Waals surface area contributed by atoms with Gasteiger partial charge in [-0.3, -0.25) is 4.68 Å². The Morgan fingerprint density at radius 3 is 2.90 bits per heavy atom. The second-order valence-electron chi connectivity index (χ2n) is 5.46. The topological polar surface area (TPSA) is 76.0 Å². The molecule has 1 unspecified atom stereocenters. The second-order valence-corrected chi connectivity index (χ2v) is 7.23. The molecule has 1 aliphatic rings. The lowest BCUT2D eigenvalue weighted by Gasteiger charge is -2.10. The summed E-state index contributed by atoms with van der Waals surface area (Å²) < 4.78 is 28.6. The average Bonchev–Trinajstić information content (AvgIpc) is 3.15. The molecule has 0 radical (unpaired) electrons. The van der Waals surface area contributed by atoms with Crippen molar-refractivity contribution in [1.82, 2.24) is 19.8 Å². The van der Waals surface area contributed by atoms with Crippen LogP contribution in [0.25, 0.3) is 0 Å². The fraction of sp³-hybridized carbons (Fsp3) is 0.769. The summed E-state index contributed by atoms with van der Waals surface area (Å²) in [6.45, 7) is 6.98. The predicted octanol–water partition coefficient (Wildman–Crippen LogP) is 0.817. The number of hydrogen-bond acceptors (Lipinski definition) is 4. The Morgan fingerprint density at radius 1 is 1.50 bits per heavy atom. The van der Waals surface area contributed by atoms with Crippen molar-refractivity contribution in [2.45, 2.75) is 38.1 Å². The monoisotopic (exact) mass is 300 g/mol. The molecule has 0 saturated heterocycles. The molecule has 2 N–H and O–H groups in total. The first-order valence-electron chi connectivity index (χ1n) is 7.25. The summed E-state index contributed by atoms with van der Waals surface area (Å²) in [4.78, 5) is 0.247. The molecule has 1 heterocycles. The minimum absolute atomic E-state index is 0.247. The van der Waals surface area contributed by atoms with Gasteiger partial charge in [0.2, 0.25) is 10.0 Å². The number of hydrogen-bond donors (Lipinski definition) is 2. The first kappa shape index (κ1) is 15.5. The number of likely N-dealkylation sites (N-methyl/N-ethyl adjacent to an activating group) is 1. The van der Waals surface area contributed by atoms with Gasteiger partial charge in [0.15, 0.2) is 0 Å². The van der Waals surface area contributed by atoms with E-state index in [0.717, 1.165) is 13.1 Å². The molecular formula is C13H24N4O2S. The number of nitrogens with one attached hydrogen (secondary N) is 2. The van der Waals surface area contributed by atoms with E-state index in [0.29, 0.717) is 24.9 Å². The summed E-state index contributed by atoms with van der Waals surface area (Å²) in [5.74, 6) is 1.11. The van der Waals surface area contributed by atoms with E-state index in [9.17, 15) is 8.42 Å². The maximum absolute atomic E-state index is 12.1. The van der Waals surface area contributed by atoms with Crippen LogP contribution in [0.4, 0.5) is 0 Å². The zero-order valence-electron chi connectivity index (χ0n) is 12.2. The first-order chi connectivity index (χ1) is 9.53. The Bertz CT molecular complexity index is 522. The van der Waals surface area contributed by atoms with E-state index >= 15 is 0 Å². The van der Waals surface area contributed by atoms with Crippen molar-refractivity contribution in [3.63, 3.8) is 0 Å². The zero-order valence-corrected chi connectivity index (χ0v) is 13.0. The van der Waals surface area contributed by atoms with E-state index in [1.165, 1.54) is 19.0 Å². The van der Waals surface area contributed by atoms with Crippen molar-refractivity contribution in [3.05, 3.63) is 12.4 Å². The average molecular weight is 300 g/mol. The van der Waals surface area contributed by atoms with Gasteiger partial charge in [0.1, 0.15) is 4.90 Å². The molecule has 20 heavy (non-hydrogen) atoms. The second kappa shape index (κ2) is 6.69. The van der Waals surface area contributed by atoms with Crippen LogP contribution in [0.2, 0.25) is 0 Å². The van der Waals surface area contributed by atoms with Crippen molar-refractivity contribution in [2.75, 3.05) is 19.6 Å². The minimum Gasteiger partial charge on any atom is -0.315 e. The van der Waals surface area contributed by atoms with Crippen LogP contribution in [0, 0.1) is 11.8 Å². The van der Waals surface area contributed by atoms with Crippen molar-refractivity contribution in [2.24, 2.45) is 11.8 Å². The third-order valence-electron chi connectivity index (χ3n) is 3.71. The standard InChI is InChI=1S/C13H24N4O2S/c1-3-14-6-7-17-10-13(9-15-17)20(18,19)16-8-11(2)12-4-5-12/h9-12,14,16H,3-8H2,1-2H3. The van der Waals surface area contributed by atoms with Gasteiger partial charge in [-0.1, -0.05) is 13.8 Å². The van der Waals surface area contributed by atoms with Crippen LogP contribution in [0.3, 0.4) is 0 Å².